The highest BCUT2D eigenvalue weighted by atomic mass is 32.4. The summed E-state index contributed by atoms with van der Waals surface area (Å²) in [6.45, 7) is 1.57. The van der Waals surface area contributed by atoms with Crippen molar-refractivity contribution in [1.82, 2.24) is 0 Å². The normalized spacial score (nSPS) is 12.7. The summed E-state index contributed by atoms with van der Waals surface area (Å²) in [6.07, 6.45) is 0. The van der Waals surface area contributed by atoms with E-state index in [-0.39, 0.29) is 5.75 Å². The molecule has 0 spiro atoms. The van der Waals surface area contributed by atoms with Crippen molar-refractivity contribution in [3.63, 3.8) is 0 Å². The van der Waals surface area contributed by atoms with Gasteiger partial charge in [0.05, 0.1) is 0 Å². The molecule has 1 aromatic rings. The van der Waals surface area contributed by atoms with Gasteiger partial charge in [-0.15, -0.1) is 0 Å². The summed E-state index contributed by atoms with van der Waals surface area (Å²) in [7, 11) is 0. The number of hydrogen-bond acceptors (Lipinski definition) is 1. The van der Waals surface area contributed by atoms with Crippen LogP contribution in [0.1, 0.15) is 5.56 Å². The Labute approximate surface area is 70.6 Å². The largest absolute Gasteiger partial charge is 0.391 e. The zero-order chi connectivity index (χ0) is 9.19. The van der Waals surface area contributed by atoms with E-state index in [9.17, 15) is 11.7 Å². The second kappa shape index (κ2) is 3.26. The van der Waals surface area contributed by atoms with E-state index in [1.807, 2.05) is 0 Å². The highest BCUT2D eigenvalue weighted by molar-refractivity contribution is 8.17. The molecule has 1 nitrogen and oxygen atoms in total. The van der Waals surface area contributed by atoms with E-state index >= 15 is 0 Å². The van der Waals surface area contributed by atoms with E-state index in [4.69, 9.17) is 0 Å². The number of aryl methyl sites for hydroxylation is 1. The fraction of sp³-hybridized carbons (Fsp3) is 0.143. The molecule has 0 aliphatic rings. The van der Waals surface area contributed by atoms with Gasteiger partial charge in [-0.1, -0.05) is 29.9 Å². The van der Waals surface area contributed by atoms with Crippen LogP contribution in [0.15, 0.2) is 24.3 Å². The zero-order valence-corrected chi connectivity index (χ0v) is 7.08. The third-order valence-corrected chi connectivity index (χ3v) is 1.65. The maximum absolute atomic E-state index is 11.8. The summed E-state index contributed by atoms with van der Waals surface area (Å²) in [6, 6.07) is 6.04. The third-order valence-electron chi connectivity index (χ3n) is 1.28. The second-order valence-electron chi connectivity index (χ2n) is 2.21. The average Bonchev–Trinajstić information content (AvgIpc) is 1.91. The molecule has 12 heavy (non-hydrogen) atoms. The van der Waals surface area contributed by atoms with E-state index < -0.39 is 11.5 Å². The Hall–Kier alpha value is -0.840. The molecule has 0 saturated heterocycles. The Bertz CT molecular complexity index is 272. The van der Waals surface area contributed by atoms with E-state index in [1.54, 1.807) is 19.1 Å². The highest BCUT2D eigenvalue weighted by Crippen LogP contribution is 2.54. The molecule has 0 aromatic heterocycles. The van der Waals surface area contributed by atoms with E-state index in [0.29, 0.717) is 5.56 Å². The standard InChI is InChI=1S/C7H7F3OS/c1-6-4-2-3-5-7(6)11-12(8,9)10/h2-5H,1H3. The van der Waals surface area contributed by atoms with E-state index in [0.717, 1.165) is 0 Å². The Morgan fingerprint density at radius 1 is 1.17 bits per heavy atom. The van der Waals surface area contributed by atoms with Gasteiger partial charge < -0.3 is 4.18 Å². The SMILES string of the molecule is Cc1ccccc1OS(F)(F)F. The molecule has 1 aromatic carbocycles. The van der Waals surface area contributed by atoms with Crippen LogP contribution >= 0.6 is 11.5 Å². The fourth-order valence-electron chi connectivity index (χ4n) is 0.752. The molecule has 0 atom stereocenters. The summed E-state index contributed by atoms with van der Waals surface area (Å²) >= 11 is -5.40. The molecular weight excluding hydrogens is 189 g/mol. The second-order valence-corrected chi connectivity index (χ2v) is 3.11. The molecule has 0 saturated carbocycles. The maximum Gasteiger partial charge on any atom is 0.391 e. The van der Waals surface area contributed by atoms with Gasteiger partial charge in [0, 0.05) is 0 Å². The Kier molecular flexibility index (Phi) is 2.52. The van der Waals surface area contributed by atoms with Crippen molar-refractivity contribution in [3.05, 3.63) is 29.8 Å². The average molecular weight is 196 g/mol. The van der Waals surface area contributed by atoms with Gasteiger partial charge in [0.15, 0.2) is 0 Å². The molecule has 0 radical (unpaired) electrons. The number of rotatable bonds is 2. The van der Waals surface area contributed by atoms with E-state index in [1.165, 1.54) is 12.1 Å². The molecule has 0 heterocycles. The first-order valence-electron chi connectivity index (χ1n) is 3.16. The molecule has 0 fully saturated rings. The van der Waals surface area contributed by atoms with Gasteiger partial charge in [-0.05, 0) is 18.6 Å². The van der Waals surface area contributed by atoms with Crippen molar-refractivity contribution in [2.45, 2.75) is 6.92 Å². The number of hydrogen-bond donors (Lipinski definition) is 0. The van der Waals surface area contributed by atoms with Gasteiger partial charge in [-0.3, -0.25) is 0 Å². The monoisotopic (exact) mass is 196 g/mol. The Morgan fingerprint density at radius 3 is 2.25 bits per heavy atom. The van der Waals surface area contributed by atoms with Gasteiger partial charge in [-0.25, -0.2) is 0 Å². The minimum absolute atomic E-state index is 0.111. The lowest BCUT2D eigenvalue weighted by Crippen LogP contribution is -1.91. The Balaban J connectivity index is 2.83. The number of halogens is 3. The van der Waals surface area contributed by atoms with Crippen LogP contribution < -0.4 is 4.18 Å². The summed E-state index contributed by atoms with van der Waals surface area (Å²) in [4.78, 5) is 0. The van der Waals surface area contributed by atoms with Crippen LogP contribution in [0.3, 0.4) is 0 Å². The lowest BCUT2D eigenvalue weighted by Gasteiger charge is -2.12. The van der Waals surface area contributed by atoms with Crippen LogP contribution in [0.4, 0.5) is 11.7 Å². The lowest BCUT2D eigenvalue weighted by atomic mass is 10.2. The van der Waals surface area contributed by atoms with Crippen LogP contribution in [0.2, 0.25) is 0 Å². The number of para-hydroxylation sites is 1. The van der Waals surface area contributed by atoms with Crippen molar-refractivity contribution in [3.8, 4) is 5.75 Å². The first-order chi connectivity index (χ1) is 5.49. The first-order valence-corrected chi connectivity index (χ1v) is 4.42. The molecule has 0 N–H and O–H groups in total. The molecule has 0 aliphatic heterocycles. The minimum atomic E-state index is -5.40. The molecule has 0 bridgehead atoms. The van der Waals surface area contributed by atoms with Crippen LogP contribution in [0.5, 0.6) is 5.75 Å². The van der Waals surface area contributed by atoms with Crippen LogP contribution in [-0.4, -0.2) is 0 Å². The zero-order valence-electron chi connectivity index (χ0n) is 6.26. The van der Waals surface area contributed by atoms with Crippen molar-refractivity contribution in [2.75, 3.05) is 0 Å². The van der Waals surface area contributed by atoms with Crippen LogP contribution in [-0.2, 0) is 0 Å². The fourth-order valence-corrected chi connectivity index (χ4v) is 1.14. The molecule has 68 valence electrons. The summed E-state index contributed by atoms with van der Waals surface area (Å²) in [5.74, 6) is -0.111. The third kappa shape index (κ3) is 2.65. The van der Waals surface area contributed by atoms with Gasteiger partial charge in [0.2, 0.25) is 0 Å². The predicted octanol–water partition coefficient (Wildman–Crippen LogP) is 3.75. The molecule has 0 amide bonds. The minimum Gasteiger partial charge on any atom is -0.373 e. The Morgan fingerprint density at radius 2 is 1.75 bits per heavy atom. The van der Waals surface area contributed by atoms with Gasteiger partial charge in [0.25, 0.3) is 0 Å². The molecule has 1 rings (SSSR count). The van der Waals surface area contributed by atoms with Crippen molar-refractivity contribution < 1.29 is 15.8 Å². The number of benzene rings is 1. The van der Waals surface area contributed by atoms with Crippen molar-refractivity contribution in [2.24, 2.45) is 0 Å². The summed E-state index contributed by atoms with van der Waals surface area (Å²) in [5, 5.41) is 0. The molecule has 5 heteroatoms. The quantitative estimate of drug-likeness (QED) is 0.700. The summed E-state index contributed by atoms with van der Waals surface area (Å²) < 4.78 is 39.2. The van der Waals surface area contributed by atoms with E-state index in [2.05, 4.69) is 4.18 Å². The van der Waals surface area contributed by atoms with Crippen molar-refractivity contribution in [1.29, 1.82) is 0 Å². The highest BCUT2D eigenvalue weighted by Gasteiger charge is 2.24. The van der Waals surface area contributed by atoms with Gasteiger partial charge >= 0.3 is 11.5 Å². The van der Waals surface area contributed by atoms with Crippen LogP contribution in [0.25, 0.3) is 0 Å². The predicted molar refractivity (Wildman–Crippen MR) is 42.7 cm³/mol. The smallest absolute Gasteiger partial charge is 0.373 e. The molecule has 0 aliphatic carbocycles. The molecular formula is C7H7F3OS. The topological polar surface area (TPSA) is 9.23 Å². The van der Waals surface area contributed by atoms with Crippen molar-refractivity contribution >= 4 is 11.5 Å². The maximum atomic E-state index is 11.8. The molecule has 0 unspecified atom stereocenters. The summed E-state index contributed by atoms with van der Waals surface area (Å²) in [5.41, 5.74) is 0.488. The van der Waals surface area contributed by atoms with Crippen LogP contribution in [0, 0.1) is 6.92 Å². The lowest BCUT2D eigenvalue weighted by molar-refractivity contribution is 0.450. The van der Waals surface area contributed by atoms with Gasteiger partial charge in [0.1, 0.15) is 5.75 Å². The first kappa shape index (κ1) is 9.25. The van der Waals surface area contributed by atoms with Gasteiger partial charge in [-0.2, -0.15) is 0 Å².